The van der Waals surface area contributed by atoms with E-state index in [0.29, 0.717) is 12.3 Å². The van der Waals surface area contributed by atoms with Crippen molar-refractivity contribution in [1.29, 1.82) is 0 Å². The van der Waals surface area contributed by atoms with Crippen LogP contribution in [-0.4, -0.2) is 34.7 Å². The maximum atomic E-state index is 12.7. The summed E-state index contributed by atoms with van der Waals surface area (Å²) in [6.45, 7) is 2.64. The number of amides is 1. The zero-order chi connectivity index (χ0) is 16.9. The lowest BCUT2D eigenvalue weighted by atomic mass is 10.1. The molecule has 4 nitrogen and oxygen atoms in total. The van der Waals surface area contributed by atoms with Gasteiger partial charge in [0.15, 0.2) is 8.68 Å². The highest BCUT2D eigenvalue weighted by Crippen LogP contribution is 2.30. The molecule has 0 saturated heterocycles. The van der Waals surface area contributed by atoms with Gasteiger partial charge >= 0.3 is 0 Å². The molecule has 7 heteroatoms. The molecular weight excluding hydrogens is 358 g/mol. The van der Waals surface area contributed by atoms with Crippen LogP contribution in [0.2, 0.25) is 0 Å². The van der Waals surface area contributed by atoms with Crippen molar-refractivity contribution in [1.82, 2.24) is 10.2 Å². The van der Waals surface area contributed by atoms with Crippen LogP contribution in [0.3, 0.4) is 0 Å². The second-order valence-electron chi connectivity index (χ2n) is 4.96. The normalized spacial score (nSPS) is 10.9. The summed E-state index contributed by atoms with van der Waals surface area (Å²) in [4.78, 5) is 14.6. The van der Waals surface area contributed by atoms with Gasteiger partial charge in [-0.1, -0.05) is 71.3 Å². The molecule has 1 amide bonds. The molecule has 0 atom stereocenters. The molecule has 0 saturated carbocycles. The Labute approximate surface area is 153 Å². The van der Waals surface area contributed by atoms with Crippen LogP contribution in [-0.2, 0) is 4.79 Å². The lowest BCUT2D eigenvalue weighted by Gasteiger charge is -2.22. The Morgan fingerprint density at radius 2 is 1.88 bits per heavy atom. The molecule has 0 aliphatic heterocycles. The van der Waals surface area contributed by atoms with Crippen LogP contribution < -0.4 is 4.90 Å². The van der Waals surface area contributed by atoms with Crippen LogP contribution in [0, 0.1) is 0 Å². The van der Waals surface area contributed by atoms with E-state index in [9.17, 15) is 4.79 Å². The molecule has 0 aliphatic rings. The van der Waals surface area contributed by atoms with Crippen molar-refractivity contribution < 1.29 is 4.79 Å². The Balaban J connectivity index is 1.78. The van der Waals surface area contributed by atoms with Gasteiger partial charge in [0.25, 0.3) is 0 Å². The molecular formula is C17H17N3OS3. The topological polar surface area (TPSA) is 46.1 Å². The van der Waals surface area contributed by atoms with Gasteiger partial charge in [-0.05, 0) is 24.6 Å². The third kappa shape index (κ3) is 3.74. The van der Waals surface area contributed by atoms with Crippen LogP contribution in [0.1, 0.15) is 6.92 Å². The first-order valence-electron chi connectivity index (χ1n) is 7.51. The smallest absolute Gasteiger partial charge is 0.237 e. The van der Waals surface area contributed by atoms with E-state index in [2.05, 4.69) is 28.4 Å². The molecule has 3 rings (SSSR count). The van der Waals surface area contributed by atoms with E-state index in [-0.39, 0.29) is 5.91 Å². The molecule has 0 N–H and O–H groups in total. The van der Waals surface area contributed by atoms with Gasteiger partial charge in [0.05, 0.1) is 11.4 Å². The first-order chi connectivity index (χ1) is 11.7. The van der Waals surface area contributed by atoms with Gasteiger partial charge in [0.1, 0.15) is 0 Å². The molecule has 0 radical (unpaired) electrons. The molecule has 24 heavy (non-hydrogen) atoms. The largest absolute Gasteiger partial charge is 0.311 e. The summed E-state index contributed by atoms with van der Waals surface area (Å²) in [5, 5.41) is 10.4. The van der Waals surface area contributed by atoms with Gasteiger partial charge in [-0.3, -0.25) is 4.79 Å². The van der Waals surface area contributed by atoms with E-state index < -0.39 is 0 Å². The highest BCUT2D eigenvalue weighted by atomic mass is 32.2. The first kappa shape index (κ1) is 17.3. The van der Waals surface area contributed by atoms with Crippen LogP contribution in [0.5, 0.6) is 0 Å². The molecule has 0 spiro atoms. The van der Waals surface area contributed by atoms with Crippen molar-refractivity contribution in [2.45, 2.75) is 15.6 Å². The predicted molar refractivity (Wildman–Crippen MR) is 104 cm³/mol. The highest BCUT2D eigenvalue weighted by Gasteiger charge is 2.17. The SMILES string of the molecule is CCN(C(=O)CSc1nnc(SC)s1)c1cccc2ccccc12. The monoisotopic (exact) mass is 375 g/mol. The summed E-state index contributed by atoms with van der Waals surface area (Å²) in [5.74, 6) is 0.444. The lowest BCUT2D eigenvalue weighted by Crippen LogP contribution is -2.32. The standard InChI is InChI=1S/C17H17N3OS3/c1-3-20(14-10-6-8-12-7-4-5-9-13(12)14)15(21)11-23-17-19-18-16(22-2)24-17/h4-10H,3,11H2,1-2H3. The van der Waals surface area contributed by atoms with Crippen molar-refractivity contribution in [3.63, 3.8) is 0 Å². The van der Waals surface area contributed by atoms with Crippen LogP contribution in [0.15, 0.2) is 51.1 Å². The van der Waals surface area contributed by atoms with Gasteiger partial charge in [-0.2, -0.15) is 0 Å². The minimum absolute atomic E-state index is 0.0831. The summed E-state index contributed by atoms with van der Waals surface area (Å²) in [6.07, 6.45) is 1.97. The van der Waals surface area contributed by atoms with E-state index >= 15 is 0 Å². The number of nitrogens with zero attached hydrogens (tertiary/aromatic N) is 3. The molecule has 0 unspecified atom stereocenters. The Bertz CT molecular complexity index is 844. The zero-order valence-corrected chi connectivity index (χ0v) is 15.9. The summed E-state index contributed by atoms with van der Waals surface area (Å²) < 4.78 is 1.76. The molecule has 2 aromatic carbocycles. The maximum absolute atomic E-state index is 12.7. The van der Waals surface area contributed by atoms with Crippen LogP contribution in [0.4, 0.5) is 5.69 Å². The number of thioether (sulfide) groups is 2. The summed E-state index contributed by atoms with van der Waals surface area (Å²) >= 11 is 4.54. The summed E-state index contributed by atoms with van der Waals surface area (Å²) in [6, 6.07) is 14.2. The number of fused-ring (bicyclic) bond motifs is 1. The van der Waals surface area contributed by atoms with Crippen LogP contribution >= 0.6 is 34.9 Å². The quantitative estimate of drug-likeness (QED) is 0.591. The van der Waals surface area contributed by atoms with Gasteiger partial charge in [0, 0.05) is 11.9 Å². The average Bonchev–Trinajstić information content (AvgIpc) is 3.09. The third-order valence-electron chi connectivity index (χ3n) is 3.56. The van der Waals surface area contributed by atoms with E-state index in [1.807, 2.05) is 42.3 Å². The predicted octanol–water partition coefficient (Wildman–Crippen LogP) is 4.56. The fourth-order valence-corrected chi connectivity index (χ4v) is 4.78. The molecule has 0 aliphatic carbocycles. The number of carbonyl (C=O) groups excluding carboxylic acids is 1. The second-order valence-corrected chi connectivity index (χ2v) is 8.22. The minimum Gasteiger partial charge on any atom is -0.311 e. The number of benzene rings is 2. The van der Waals surface area contributed by atoms with Crippen LogP contribution in [0.25, 0.3) is 10.8 Å². The Morgan fingerprint density at radius 1 is 1.12 bits per heavy atom. The second kappa shape index (κ2) is 8.00. The minimum atomic E-state index is 0.0831. The molecule has 124 valence electrons. The van der Waals surface area contributed by atoms with Crippen molar-refractivity contribution in [3.05, 3.63) is 42.5 Å². The fourth-order valence-electron chi connectivity index (χ4n) is 2.46. The molecule has 3 aromatic rings. The van der Waals surface area contributed by atoms with Gasteiger partial charge in [-0.25, -0.2) is 0 Å². The van der Waals surface area contributed by atoms with Gasteiger partial charge < -0.3 is 4.90 Å². The first-order valence-corrected chi connectivity index (χ1v) is 10.5. The Kier molecular flexibility index (Phi) is 5.76. The number of aromatic nitrogens is 2. The van der Waals surface area contributed by atoms with E-state index in [1.54, 1.807) is 11.8 Å². The number of carbonyl (C=O) groups is 1. The fraction of sp³-hybridized carbons (Fsp3) is 0.235. The number of hydrogen-bond acceptors (Lipinski definition) is 6. The van der Waals surface area contributed by atoms with E-state index in [0.717, 1.165) is 25.1 Å². The molecule has 0 bridgehead atoms. The zero-order valence-electron chi connectivity index (χ0n) is 13.4. The molecule has 0 fully saturated rings. The third-order valence-corrected chi connectivity index (χ3v) is 6.57. The van der Waals surface area contributed by atoms with Crippen molar-refractivity contribution >= 4 is 57.2 Å². The molecule has 1 aromatic heterocycles. The molecule has 1 heterocycles. The maximum Gasteiger partial charge on any atom is 0.237 e. The lowest BCUT2D eigenvalue weighted by molar-refractivity contribution is -0.116. The summed E-state index contributed by atoms with van der Waals surface area (Å²) in [5.41, 5.74) is 0.961. The van der Waals surface area contributed by atoms with Crippen molar-refractivity contribution in [3.8, 4) is 0 Å². The van der Waals surface area contributed by atoms with Crippen molar-refractivity contribution in [2.75, 3.05) is 23.5 Å². The van der Waals surface area contributed by atoms with E-state index in [4.69, 9.17) is 0 Å². The highest BCUT2D eigenvalue weighted by molar-refractivity contribution is 8.03. The number of hydrogen-bond donors (Lipinski definition) is 0. The van der Waals surface area contributed by atoms with Gasteiger partial charge in [0.2, 0.25) is 5.91 Å². The van der Waals surface area contributed by atoms with Gasteiger partial charge in [-0.15, -0.1) is 10.2 Å². The Morgan fingerprint density at radius 3 is 2.62 bits per heavy atom. The Hall–Kier alpha value is -1.57. The van der Waals surface area contributed by atoms with E-state index in [1.165, 1.54) is 23.1 Å². The summed E-state index contributed by atoms with van der Waals surface area (Å²) in [7, 11) is 0. The van der Waals surface area contributed by atoms with Crippen molar-refractivity contribution in [2.24, 2.45) is 0 Å². The number of anilines is 1. The average molecular weight is 376 g/mol. The number of rotatable bonds is 6.